The number of esters is 1. The van der Waals surface area contributed by atoms with Crippen LogP contribution in [0.2, 0.25) is 0 Å². The molecule has 0 spiro atoms. The summed E-state index contributed by atoms with van der Waals surface area (Å²) in [5.74, 6) is -0.214. The van der Waals surface area contributed by atoms with Crippen LogP contribution in [0, 0.1) is 0 Å². The van der Waals surface area contributed by atoms with E-state index in [0.717, 1.165) is 24.8 Å². The molecular weight excluding hydrogens is 212 g/mol. The summed E-state index contributed by atoms with van der Waals surface area (Å²) in [4.78, 5) is 11.2. The zero-order valence-electron chi connectivity index (χ0n) is 10.4. The average Bonchev–Trinajstić information content (AvgIpc) is 2.64. The number of hydrogen-bond acceptors (Lipinski definition) is 2. The lowest BCUT2D eigenvalue weighted by molar-refractivity contribution is -0.144. The third-order valence-electron chi connectivity index (χ3n) is 3.06. The van der Waals surface area contributed by atoms with Gasteiger partial charge >= 0.3 is 5.97 Å². The molecule has 0 aromatic heterocycles. The lowest BCUT2D eigenvalue weighted by Crippen LogP contribution is -2.08. The fraction of sp³-hybridized carbons (Fsp3) is 0.400. The second-order valence-electron chi connectivity index (χ2n) is 4.44. The van der Waals surface area contributed by atoms with E-state index >= 15 is 0 Å². The number of ether oxygens (including phenoxy) is 1. The lowest BCUT2D eigenvalue weighted by atomic mass is 10.0. The SMILES string of the molecule is CCCCC1=Cc2ccccc2C1OC(C)=O. The summed E-state index contributed by atoms with van der Waals surface area (Å²) in [5.41, 5.74) is 3.53. The minimum atomic E-state index is -0.214. The van der Waals surface area contributed by atoms with Gasteiger partial charge in [-0.05, 0) is 24.0 Å². The van der Waals surface area contributed by atoms with E-state index in [-0.39, 0.29) is 12.1 Å². The topological polar surface area (TPSA) is 26.3 Å². The summed E-state index contributed by atoms with van der Waals surface area (Å²) in [6.07, 6.45) is 5.30. The largest absolute Gasteiger partial charge is 0.453 e. The predicted octanol–water partition coefficient (Wildman–Crippen LogP) is 3.88. The van der Waals surface area contributed by atoms with Crippen molar-refractivity contribution in [3.05, 3.63) is 41.0 Å². The first kappa shape index (κ1) is 11.9. The van der Waals surface area contributed by atoms with E-state index in [2.05, 4.69) is 19.1 Å². The molecule has 2 rings (SSSR count). The molecule has 0 bridgehead atoms. The number of carbonyl (C=O) groups excluding carboxylic acids is 1. The summed E-state index contributed by atoms with van der Waals surface area (Å²) in [5, 5.41) is 0. The molecule has 90 valence electrons. The maximum Gasteiger partial charge on any atom is 0.303 e. The molecule has 1 aromatic carbocycles. The van der Waals surface area contributed by atoms with Crippen LogP contribution in [0.25, 0.3) is 6.08 Å². The third kappa shape index (κ3) is 2.57. The highest BCUT2D eigenvalue weighted by Crippen LogP contribution is 2.39. The Labute approximate surface area is 102 Å². The van der Waals surface area contributed by atoms with Crippen molar-refractivity contribution in [1.82, 2.24) is 0 Å². The third-order valence-corrected chi connectivity index (χ3v) is 3.06. The van der Waals surface area contributed by atoms with E-state index < -0.39 is 0 Å². The van der Waals surface area contributed by atoms with Gasteiger partial charge in [0.15, 0.2) is 0 Å². The second-order valence-corrected chi connectivity index (χ2v) is 4.44. The molecule has 2 heteroatoms. The molecule has 17 heavy (non-hydrogen) atoms. The van der Waals surface area contributed by atoms with Gasteiger partial charge in [-0.1, -0.05) is 43.7 Å². The molecule has 1 aliphatic carbocycles. The van der Waals surface area contributed by atoms with Gasteiger partial charge in [-0.15, -0.1) is 0 Å². The first-order valence-electron chi connectivity index (χ1n) is 6.19. The van der Waals surface area contributed by atoms with Gasteiger partial charge in [-0.2, -0.15) is 0 Å². The molecular formula is C15H18O2. The minimum Gasteiger partial charge on any atom is -0.453 e. The Kier molecular flexibility index (Phi) is 3.62. The molecule has 0 radical (unpaired) electrons. The first-order valence-corrected chi connectivity index (χ1v) is 6.19. The number of carbonyl (C=O) groups is 1. The number of unbranched alkanes of at least 4 members (excludes halogenated alkanes) is 1. The fourth-order valence-electron chi connectivity index (χ4n) is 2.25. The average molecular weight is 230 g/mol. The zero-order valence-corrected chi connectivity index (χ0v) is 10.4. The van der Waals surface area contributed by atoms with E-state index in [1.165, 1.54) is 18.1 Å². The van der Waals surface area contributed by atoms with Crippen LogP contribution in [-0.4, -0.2) is 5.97 Å². The maximum absolute atomic E-state index is 11.2. The highest BCUT2D eigenvalue weighted by Gasteiger charge is 2.26. The normalized spacial score (nSPS) is 17.5. The van der Waals surface area contributed by atoms with Gasteiger partial charge in [0.25, 0.3) is 0 Å². The van der Waals surface area contributed by atoms with Crippen molar-refractivity contribution in [3.8, 4) is 0 Å². The van der Waals surface area contributed by atoms with Crippen LogP contribution in [-0.2, 0) is 9.53 Å². The van der Waals surface area contributed by atoms with Gasteiger partial charge in [0.05, 0.1) is 0 Å². The van der Waals surface area contributed by atoms with Crippen molar-refractivity contribution in [2.24, 2.45) is 0 Å². The Morgan fingerprint density at radius 2 is 2.12 bits per heavy atom. The van der Waals surface area contributed by atoms with E-state index in [9.17, 15) is 4.79 Å². The summed E-state index contributed by atoms with van der Waals surface area (Å²) >= 11 is 0. The number of hydrogen-bond donors (Lipinski definition) is 0. The number of rotatable bonds is 4. The van der Waals surface area contributed by atoms with Crippen molar-refractivity contribution in [3.63, 3.8) is 0 Å². The lowest BCUT2D eigenvalue weighted by Gasteiger charge is -2.16. The monoisotopic (exact) mass is 230 g/mol. The first-order chi connectivity index (χ1) is 8.22. The van der Waals surface area contributed by atoms with Gasteiger partial charge in [-0.3, -0.25) is 4.79 Å². The molecule has 0 fully saturated rings. The maximum atomic E-state index is 11.2. The summed E-state index contributed by atoms with van der Waals surface area (Å²) in [7, 11) is 0. The van der Waals surface area contributed by atoms with Crippen LogP contribution in [0.15, 0.2) is 29.8 Å². The Hall–Kier alpha value is -1.57. The molecule has 1 aromatic rings. The Bertz CT molecular complexity index is 446. The van der Waals surface area contributed by atoms with Crippen LogP contribution in [0.5, 0.6) is 0 Å². The Balaban J connectivity index is 2.24. The van der Waals surface area contributed by atoms with E-state index in [0.29, 0.717) is 0 Å². The van der Waals surface area contributed by atoms with Crippen molar-refractivity contribution in [1.29, 1.82) is 0 Å². The van der Waals surface area contributed by atoms with Crippen LogP contribution < -0.4 is 0 Å². The second kappa shape index (κ2) is 5.17. The molecule has 0 heterocycles. The van der Waals surface area contributed by atoms with Crippen LogP contribution in [0.3, 0.4) is 0 Å². The standard InChI is InChI=1S/C15H18O2/c1-3-4-7-13-10-12-8-5-6-9-14(12)15(13)17-11(2)16/h5-6,8-10,15H,3-4,7H2,1-2H3. The summed E-state index contributed by atoms with van der Waals surface area (Å²) < 4.78 is 5.44. The van der Waals surface area contributed by atoms with Gasteiger partial charge < -0.3 is 4.74 Å². The van der Waals surface area contributed by atoms with Crippen LogP contribution >= 0.6 is 0 Å². The van der Waals surface area contributed by atoms with Crippen molar-refractivity contribution >= 4 is 12.0 Å². The quantitative estimate of drug-likeness (QED) is 0.734. The van der Waals surface area contributed by atoms with E-state index in [1.807, 2.05) is 18.2 Å². The number of fused-ring (bicyclic) bond motifs is 1. The predicted molar refractivity (Wildman–Crippen MR) is 68.5 cm³/mol. The highest BCUT2D eigenvalue weighted by molar-refractivity contribution is 5.71. The molecule has 0 aliphatic heterocycles. The Morgan fingerprint density at radius 1 is 1.35 bits per heavy atom. The fourth-order valence-corrected chi connectivity index (χ4v) is 2.25. The molecule has 1 atom stereocenters. The minimum absolute atomic E-state index is 0.157. The molecule has 1 aliphatic rings. The van der Waals surface area contributed by atoms with E-state index in [1.54, 1.807) is 0 Å². The molecule has 0 amide bonds. The number of benzene rings is 1. The van der Waals surface area contributed by atoms with Gasteiger partial charge in [-0.25, -0.2) is 0 Å². The smallest absolute Gasteiger partial charge is 0.303 e. The summed E-state index contributed by atoms with van der Waals surface area (Å²) in [6, 6.07) is 8.12. The molecule has 0 saturated heterocycles. The molecule has 1 unspecified atom stereocenters. The molecule has 0 saturated carbocycles. The van der Waals surface area contributed by atoms with Crippen LogP contribution in [0.4, 0.5) is 0 Å². The molecule has 0 N–H and O–H groups in total. The van der Waals surface area contributed by atoms with Crippen molar-refractivity contribution in [2.45, 2.75) is 39.2 Å². The summed E-state index contributed by atoms with van der Waals surface area (Å²) in [6.45, 7) is 3.64. The molecule has 2 nitrogen and oxygen atoms in total. The van der Waals surface area contributed by atoms with E-state index in [4.69, 9.17) is 4.74 Å². The van der Waals surface area contributed by atoms with Gasteiger partial charge in [0, 0.05) is 12.5 Å². The van der Waals surface area contributed by atoms with Crippen molar-refractivity contribution in [2.75, 3.05) is 0 Å². The highest BCUT2D eigenvalue weighted by atomic mass is 16.5. The Morgan fingerprint density at radius 3 is 2.82 bits per heavy atom. The van der Waals surface area contributed by atoms with Gasteiger partial charge in [0.2, 0.25) is 0 Å². The van der Waals surface area contributed by atoms with Crippen LogP contribution in [0.1, 0.15) is 50.3 Å². The van der Waals surface area contributed by atoms with Crippen molar-refractivity contribution < 1.29 is 9.53 Å². The zero-order chi connectivity index (χ0) is 12.3. The van der Waals surface area contributed by atoms with Gasteiger partial charge in [0.1, 0.15) is 6.10 Å².